The van der Waals surface area contributed by atoms with Gasteiger partial charge in [-0.25, -0.2) is 10.9 Å². The molecule has 0 fully saturated rings. The van der Waals surface area contributed by atoms with Crippen LogP contribution in [0.4, 0.5) is 0 Å². The molecule has 0 aromatic heterocycles. The zero-order chi connectivity index (χ0) is 17.4. The molecular weight excluding hydrogens is 351 g/mol. The fraction of sp³-hybridized carbons (Fsp3) is 0. The van der Waals surface area contributed by atoms with Crippen molar-refractivity contribution < 1.29 is 9.59 Å². The van der Waals surface area contributed by atoms with Crippen LogP contribution in [0, 0.1) is 0 Å². The summed E-state index contributed by atoms with van der Waals surface area (Å²) in [5.74, 6) is -1.87. The van der Waals surface area contributed by atoms with Crippen molar-refractivity contribution in [1.82, 2.24) is 10.9 Å². The number of nitrogens with zero attached hydrogens (tertiary/aromatic N) is 2. The molecular formula is C16H12Cl2N4O2. The van der Waals surface area contributed by atoms with Crippen LogP contribution in [-0.4, -0.2) is 24.2 Å². The minimum atomic E-state index is -0.937. The summed E-state index contributed by atoms with van der Waals surface area (Å²) in [6.07, 6.45) is 2.77. The van der Waals surface area contributed by atoms with E-state index in [1.54, 1.807) is 48.5 Å². The molecule has 122 valence electrons. The van der Waals surface area contributed by atoms with E-state index in [2.05, 4.69) is 21.1 Å². The van der Waals surface area contributed by atoms with Gasteiger partial charge in [0.15, 0.2) is 0 Å². The Kier molecular flexibility index (Phi) is 6.48. The number of hydrazone groups is 2. The molecule has 0 aliphatic heterocycles. The Labute approximate surface area is 148 Å². The molecule has 0 unspecified atom stereocenters. The van der Waals surface area contributed by atoms with Crippen molar-refractivity contribution >= 4 is 47.4 Å². The van der Waals surface area contributed by atoms with Gasteiger partial charge in [-0.2, -0.15) is 10.2 Å². The number of amides is 2. The number of hydrogen-bond donors (Lipinski definition) is 2. The maximum atomic E-state index is 11.5. The van der Waals surface area contributed by atoms with Gasteiger partial charge in [0, 0.05) is 10.0 Å². The average molecular weight is 363 g/mol. The minimum Gasteiger partial charge on any atom is -0.262 e. The van der Waals surface area contributed by atoms with E-state index in [0.29, 0.717) is 10.0 Å². The number of rotatable bonds is 4. The number of halogens is 2. The first-order chi connectivity index (χ1) is 11.5. The normalized spacial score (nSPS) is 10.9. The molecule has 0 aliphatic carbocycles. The van der Waals surface area contributed by atoms with Gasteiger partial charge in [-0.3, -0.25) is 9.59 Å². The number of carbonyl (C=O) groups is 2. The number of carbonyl (C=O) groups excluding carboxylic acids is 2. The molecule has 2 amide bonds. The quantitative estimate of drug-likeness (QED) is 0.497. The second-order valence-corrected chi connectivity index (χ2v) is 5.37. The number of benzene rings is 2. The van der Waals surface area contributed by atoms with Crippen LogP contribution in [-0.2, 0) is 9.59 Å². The summed E-state index contributed by atoms with van der Waals surface area (Å²) >= 11 is 11.5. The zero-order valence-corrected chi connectivity index (χ0v) is 13.8. The lowest BCUT2D eigenvalue weighted by Crippen LogP contribution is -2.35. The van der Waals surface area contributed by atoms with Crippen molar-refractivity contribution in [2.75, 3.05) is 0 Å². The van der Waals surface area contributed by atoms with E-state index in [0.717, 1.165) is 11.1 Å². The van der Waals surface area contributed by atoms with Gasteiger partial charge in [0.2, 0.25) is 0 Å². The predicted molar refractivity (Wildman–Crippen MR) is 94.4 cm³/mol. The number of nitrogens with one attached hydrogen (secondary N) is 2. The van der Waals surface area contributed by atoms with Gasteiger partial charge in [0.1, 0.15) is 0 Å². The molecule has 24 heavy (non-hydrogen) atoms. The van der Waals surface area contributed by atoms with E-state index in [1.807, 2.05) is 0 Å². The monoisotopic (exact) mass is 362 g/mol. The highest BCUT2D eigenvalue weighted by Crippen LogP contribution is 2.08. The summed E-state index contributed by atoms with van der Waals surface area (Å²) < 4.78 is 0. The number of hydrogen-bond acceptors (Lipinski definition) is 4. The first-order valence-electron chi connectivity index (χ1n) is 6.72. The highest BCUT2D eigenvalue weighted by molar-refractivity contribution is 6.35. The molecule has 2 rings (SSSR count). The van der Waals surface area contributed by atoms with E-state index in [-0.39, 0.29) is 0 Å². The van der Waals surface area contributed by atoms with Crippen molar-refractivity contribution in [3.63, 3.8) is 0 Å². The Morgan fingerprint density at radius 3 is 1.38 bits per heavy atom. The third kappa shape index (κ3) is 5.83. The maximum absolute atomic E-state index is 11.5. The Morgan fingerprint density at radius 2 is 1.04 bits per heavy atom. The van der Waals surface area contributed by atoms with Crippen molar-refractivity contribution in [3.05, 3.63) is 69.7 Å². The van der Waals surface area contributed by atoms with Crippen LogP contribution in [0.15, 0.2) is 58.7 Å². The lowest BCUT2D eigenvalue weighted by Gasteiger charge is -1.98. The van der Waals surface area contributed by atoms with Gasteiger partial charge in [-0.05, 0) is 35.4 Å². The topological polar surface area (TPSA) is 82.9 Å². The van der Waals surface area contributed by atoms with Crippen molar-refractivity contribution in [2.45, 2.75) is 0 Å². The third-order valence-electron chi connectivity index (χ3n) is 2.71. The predicted octanol–water partition coefficient (Wildman–Crippen LogP) is 2.59. The Bertz CT molecular complexity index is 704. The molecule has 0 aliphatic rings. The van der Waals surface area contributed by atoms with E-state index >= 15 is 0 Å². The molecule has 0 spiro atoms. The molecule has 0 heterocycles. The Hall–Kier alpha value is -2.70. The van der Waals surface area contributed by atoms with Gasteiger partial charge < -0.3 is 0 Å². The highest BCUT2D eigenvalue weighted by Gasteiger charge is 2.10. The fourth-order valence-corrected chi connectivity index (χ4v) is 1.78. The summed E-state index contributed by atoms with van der Waals surface area (Å²) in [4.78, 5) is 23.1. The lowest BCUT2D eigenvalue weighted by molar-refractivity contribution is -0.139. The first kappa shape index (κ1) is 17.7. The fourth-order valence-electron chi connectivity index (χ4n) is 1.53. The van der Waals surface area contributed by atoms with Crippen LogP contribution in [0.25, 0.3) is 0 Å². The van der Waals surface area contributed by atoms with Gasteiger partial charge in [-0.1, -0.05) is 47.5 Å². The van der Waals surface area contributed by atoms with Crippen LogP contribution >= 0.6 is 23.2 Å². The van der Waals surface area contributed by atoms with E-state index in [1.165, 1.54) is 12.4 Å². The zero-order valence-electron chi connectivity index (χ0n) is 12.2. The molecule has 6 nitrogen and oxygen atoms in total. The lowest BCUT2D eigenvalue weighted by atomic mass is 10.2. The van der Waals surface area contributed by atoms with E-state index in [9.17, 15) is 9.59 Å². The second kappa shape index (κ2) is 8.81. The van der Waals surface area contributed by atoms with Crippen LogP contribution in [0.5, 0.6) is 0 Å². The summed E-state index contributed by atoms with van der Waals surface area (Å²) in [5.41, 5.74) is 5.64. The summed E-state index contributed by atoms with van der Waals surface area (Å²) in [6.45, 7) is 0. The molecule has 2 aromatic carbocycles. The molecule has 0 bridgehead atoms. The standard InChI is InChI=1S/C16H12Cl2N4O2/c17-13-5-1-11(2-6-13)9-19-21-15(23)16(24)22-20-10-12-3-7-14(18)8-4-12/h1-10H,(H,21,23)(H,22,24)/b19-9+,20-10+. The maximum Gasteiger partial charge on any atom is 0.331 e. The summed E-state index contributed by atoms with van der Waals surface area (Å²) in [6, 6.07) is 13.6. The second-order valence-electron chi connectivity index (χ2n) is 4.50. The first-order valence-corrected chi connectivity index (χ1v) is 7.48. The Morgan fingerprint density at radius 1 is 0.708 bits per heavy atom. The van der Waals surface area contributed by atoms with Crippen molar-refractivity contribution in [3.8, 4) is 0 Å². The van der Waals surface area contributed by atoms with E-state index in [4.69, 9.17) is 23.2 Å². The summed E-state index contributed by atoms with van der Waals surface area (Å²) in [7, 11) is 0. The minimum absolute atomic E-state index is 0.592. The smallest absolute Gasteiger partial charge is 0.262 e. The van der Waals surface area contributed by atoms with Crippen LogP contribution in [0.2, 0.25) is 10.0 Å². The van der Waals surface area contributed by atoms with E-state index < -0.39 is 11.8 Å². The van der Waals surface area contributed by atoms with Crippen LogP contribution in [0.3, 0.4) is 0 Å². The van der Waals surface area contributed by atoms with Gasteiger partial charge in [0.25, 0.3) is 0 Å². The average Bonchev–Trinajstić information content (AvgIpc) is 2.58. The molecule has 2 N–H and O–H groups in total. The van der Waals surface area contributed by atoms with Crippen molar-refractivity contribution in [1.29, 1.82) is 0 Å². The Balaban J connectivity index is 1.80. The largest absolute Gasteiger partial charge is 0.331 e. The third-order valence-corrected chi connectivity index (χ3v) is 3.21. The molecule has 0 saturated carbocycles. The van der Waals surface area contributed by atoms with Crippen LogP contribution in [0.1, 0.15) is 11.1 Å². The van der Waals surface area contributed by atoms with Gasteiger partial charge >= 0.3 is 11.8 Å². The van der Waals surface area contributed by atoms with Gasteiger partial charge in [0.05, 0.1) is 12.4 Å². The molecule has 2 aromatic rings. The molecule has 0 radical (unpaired) electrons. The van der Waals surface area contributed by atoms with Crippen molar-refractivity contribution in [2.24, 2.45) is 10.2 Å². The molecule has 8 heteroatoms. The van der Waals surface area contributed by atoms with Gasteiger partial charge in [-0.15, -0.1) is 0 Å². The molecule has 0 atom stereocenters. The highest BCUT2D eigenvalue weighted by atomic mass is 35.5. The molecule has 0 saturated heterocycles. The summed E-state index contributed by atoms with van der Waals surface area (Å²) in [5, 5.41) is 8.53. The van der Waals surface area contributed by atoms with Crippen LogP contribution < -0.4 is 10.9 Å². The SMILES string of the molecule is O=C(N/N=C/c1ccc(Cl)cc1)C(=O)N/N=C/c1ccc(Cl)cc1.